The Morgan fingerprint density at radius 1 is 1.19 bits per heavy atom. The minimum Gasteiger partial charge on any atom is -0.342 e. The van der Waals surface area contributed by atoms with Crippen molar-refractivity contribution in [3.05, 3.63) is 36.4 Å². The maximum absolute atomic E-state index is 12.2. The lowest BCUT2D eigenvalue weighted by Gasteiger charge is -2.33. The molecular weight excluding hydrogens is 338 g/mol. The fourth-order valence-corrected chi connectivity index (χ4v) is 4.16. The van der Waals surface area contributed by atoms with Crippen LogP contribution in [0.25, 0.3) is 11.1 Å². The molecule has 6 nitrogen and oxygen atoms in total. The Morgan fingerprint density at radius 2 is 2.04 bits per heavy atom. The number of rotatable bonds is 4. The molecular formula is C21H27N5O. The predicted octanol–water partition coefficient (Wildman–Crippen LogP) is 3.25. The average molecular weight is 365 g/mol. The van der Waals surface area contributed by atoms with Crippen LogP contribution in [0, 0.1) is 0 Å². The summed E-state index contributed by atoms with van der Waals surface area (Å²) in [6.07, 6.45) is 10.6. The molecule has 2 fully saturated rings. The minimum atomic E-state index is 0.233. The molecule has 1 amide bonds. The van der Waals surface area contributed by atoms with E-state index in [0.717, 1.165) is 61.8 Å². The van der Waals surface area contributed by atoms with Crippen molar-refractivity contribution < 1.29 is 4.79 Å². The van der Waals surface area contributed by atoms with E-state index in [0.29, 0.717) is 6.42 Å². The van der Waals surface area contributed by atoms with Crippen LogP contribution in [0.15, 0.2) is 30.7 Å². The summed E-state index contributed by atoms with van der Waals surface area (Å²) in [5, 5.41) is 0. The van der Waals surface area contributed by atoms with Crippen molar-refractivity contribution in [1.82, 2.24) is 19.9 Å². The molecule has 0 aliphatic carbocycles. The standard InChI is InChI=1S/C21H27N5O/c1-2-19(27)26-12-6-8-17(15-26)20-18(16-7-5-9-22-13-16)14-23-21(24-20)25-10-3-4-11-25/h5,7,9,13-14,17H,2-4,6,8,10-12,15H2,1H3/t17-/m0/s1. The van der Waals surface area contributed by atoms with Crippen molar-refractivity contribution in [2.45, 2.75) is 44.9 Å². The van der Waals surface area contributed by atoms with Crippen molar-refractivity contribution in [2.75, 3.05) is 31.1 Å². The van der Waals surface area contributed by atoms with Gasteiger partial charge in [0, 0.05) is 68.2 Å². The molecule has 4 heterocycles. The second-order valence-electron chi connectivity index (χ2n) is 7.44. The third-order valence-electron chi connectivity index (χ3n) is 5.63. The van der Waals surface area contributed by atoms with Crippen LogP contribution >= 0.6 is 0 Å². The van der Waals surface area contributed by atoms with E-state index in [1.807, 2.05) is 30.3 Å². The van der Waals surface area contributed by atoms with Crippen molar-refractivity contribution >= 4 is 11.9 Å². The summed E-state index contributed by atoms with van der Waals surface area (Å²) in [5.41, 5.74) is 3.15. The van der Waals surface area contributed by atoms with E-state index in [1.54, 1.807) is 6.20 Å². The van der Waals surface area contributed by atoms with Crippen molar-refractivity contribution in [1.29, 1.82) is 0 Å². The SMILES string of the molecule is CCC(=O)N1CCC[C@H](c2nc(N3CCCC3)ncc2-c2cccnc2)C1. The van der Waals surface area contributed by atoms with Crippen LogP contribution in [0.3, 0.4) is 0 Å². The number of likely N-dealkylation sites (tertiary alicyclic amines) is 1. The van der Waals surface area contributed by atoms with Gasteiger partial charge in [0.1, 0.15) is 0 Å². The zero-order chi connectivity index (χ0) is 18.6. The molecule has 6 heteroatoms. The van der Waals surface area contributed by atoms with Gasteiger partial charge in [-0.3, -0.25) is 9.78 Å². The molecule has 0 unspecified atom stereocenters. The number of hydrogen-bond acceptors (Lipinski definition) is 5. The number of anilines is 1. The number of carbonyl (C=O) groups is 1. The first-order valence-electron chi connectivity index (χ1n) is 10.1. The molecule has 0 N–H and O–H groups in total. The van der Waals surface area contributed by atoms with Crippen molar-refractivity contribution in [3.8, 4) is 11.1 Å². The zero-order valence-corrected chi connectivity index (χ0v) is 16.0. The lowest BCUT2D eigenvalue weighted by atomic mass is 9.90. The van der Waals surface area contributed by atoms with Gasteiger partial charge in [0.2, 0.25) is 11.9 Å². The van der Waals surface area contributed by atoms with E-state index in [2.05, 4.69) is 20.9 Å². The van der Waals surface area contributed by atoms with Gasteiger partial charge in [-0.25, -0.2) is 9.97 Å². The molecule has 2 aromatic heterocycles. The Hall–Kier alpha value is -2.50. The van der Waals surface area contributed by atoms with Crippen LogP contribution in [0.1, 0.15) is 50.6 Å². The second-order valence-corrected chi connectivity index (χ2v) is 7.44. The molecule has 142 valence electrons. The maximum Gasteiger partial charge on any atom is 0.225 e. The number of hydrogen-bond donors (Lipinski definition) is 0. The Morgan fingerprint density at radius 3 is 2.78 bits per heavy atom. The molecule has 1 atom stereocenters. The third-order valence-corrected chi connectivity index (χ3v) is 5.63. The van der Waals surface area contributed by atoms with E-state index in [-0.39, 0.29) is 11.8 Å². The normalized spacial score (nSPS) is 20.1. The minimum absolute atomic E-state index is 0.233. The van der Waals surface area contributed by atoms with Gasteiger partial charge in [-0.2, -0.15) is 0 Å². The summed E-state index contributed by atoms with van der Waals surface area (Å²) in [6.45, 7) is 5.59. The number of nitrogens with zero attached hydrogens (tertiary/aromatic N) is 5. The Kier molecular flexibility index (Phi) is 5.32. The predicted molar refractivity (Wildman–Crippen MR) is 106 cm³/mol. The van der Waals surface area contributed by atoms with Crippen LogP contribution in [0.5, 0.6) is 0 Å². The lowest BCUT2D eigenvalue weighted by molar-refractivity contribution is -0.132. The van der Waals surface area contributed by atoms with Crippen LogP contribution in [-0.2, 0) is 4.79 Å². The van der Waals surface area contributed by atoms with Crippen LogP contribution < -0.4 is 4.90 Å². The van der Waals surface area contributed by atoms with E-state index in [4.69, 9.17) is 4.98 Å². The van der Waals surface area contributed by atoms with Crippen LogP contribution in [-0.4, -0.2) is 51.9 Å². The fraction of sp³-hybridized carbons (Fsp3) is 0.524. The zero-order valence-electron chi connectivity index (χ0n) is 16.0. The molecule has 2 saturated heterocycles. The highest BCUT2D eigenvalue weighted by molar-refractivity contribution is 5.76. The van der Waals surface area contributed by atoms with Gasteiger partial charge in [-0.1, -0.05) is 13.0 Å². The van der Waals surface area contributed by atoms with E-state index >= 15 is 0 Å². The first-order valence-corrected chi connectivity index (χ1v) is 10.1. The highest BCUT2D eigenvalue weighted by atomic mass is 16.2. The van der Waals surface area contributed by atoms with Crippen LogP contribution in [0.4, 0.5) is 5.95 Å². The quantitative estimate of drug-likeness (QED) is 0.832. The van der Waals surface area contributed by atoms with Gasteiger partial charge in [0.15, 0.2) is 0 Å². The van der Waals surface area contributed by atoms with Crippen molar-refractivity contribution in [2.24, 2.45) is 0 Å². The Balaban J connectivity index is 1.71. The number of aromatic nitrogens is 3. The number of pyridine rings is 1. The van der Waals surface area contributed by atoms with Gasteiger partial charge in [0.25, 0.3) is 0 Å². The summed E-state index contributed by atoms with van der Waals surface area (Å²) in [7, 11) is 0. The Labute approximate surface area is 160 Å². The summed E-state index contributed by atoms with van der Waals surface area (Å²) in [5.74, 6) is 1.30. The molecule has 0 spiro atoms. The molecule has 2 aliphatic rings. The summed E-state index contributed by atoms with van der Waals surface area (Å²) < 4.78 is 0. The largest absolute Gasteiger partial charge is 0.342 e. The monoisotopic (exact) mass is 365 g/mol. The fourth-order valence-electron chi connectivity index (χ4n) is 4.16. The highest BCUT2D eigenvalue weighted by Gasteiger charge is 2.28. The van der Waals surface area contributed by atoms with E-state index in [1.165, 1.54) is 12.8 Å². The molecule has 0 bridgehead atoms. The Bertz CT molecular complexity index is 788. The van der Waals surface area contributed by atoms with Gasteiger partial charge >= 0.3 is 0 Å². The van der Waals surface area contributed by atoms with Gasteiger partial charge in [-0.05, 0) is 31.7 Å². The van der Waals surface area contributed by atoms with Gasteiger partial charge in [0.05, 0.1) is 5.69 Å². The van der Waals surface area contributed by atoms with Gasteiger partial charge in [-0.15, -0.1) is 0 Å². The molecule has 0 radical (unpaired) electrons. The molecule has 0 aromatic carbocycles. The number of piperidine rings is 1. The summed E-state index contributed by atoms with van der Waals surface area (Å²) in [4.78, 5) is 30.5. The topological polar surface area (TPSA) is 62.2 Å². The number of carbonyl (C=O) groups excluding carboxylic acids is 1. The first-order chi connectivity index (χ1) is 13.3. The van der Waals surface area contributed by atoms with Gasteiger partial charge < -0.3 is 9.80 Å². The summed E-state index contributed by atoms with van der Waals surface area (Å²) >= 11 is 0. The smallest absolute Gasteiger partial charge is 0.225 e. The maximum atomic E-state index is 12.2. The molecule has 2 aromatic rings. The average Bonchev–Trinajstić information content (AvgIpc) is 3.28. The van der Waals surface area contributed by atoms with Crippen LogP contribution in [0.2, 0.25) is 0 Å². The first kappa shape index (κ1) is 17.9. The highest BCUT2D eigenvalue weighted by Crippen LogP contribution is 2.34. The molecule has 4 rings (SSSR count). The molecule has 2 aliphatic heterocycles. The second kappa shape index (κ2) is 8.03. The molecule has 0 saturated carbocycles. The third kappa shape index (κ3) is 3.80. The van der Waals surface area contributed by atoms with Crippen molar-refractivity contribution in [3.63, 3.8) is 0 Å². The van der Waals surface area contributed by atoms with E-state index in [9.17, 15) is 4.79 Å². The number of amides is 1. The lowest BCUT2D eigenvalue weighted by Crippen LogP contribution is -2.39. The van der Waals surface area contributed by atoms with E-state index < -0.39 is 0 Å². The molecule has 27 heavy (non-hydrogen) atoms. The summed E-state index contributed by atoms with van der Waals surface area (Å²) in [6, 6.07) is 4.00.